The molecule has 0 aliphatic heterocycles. The number of amides is 1. The summed E-state index contributed by atoms with van der Waals surface area (Å²) in [7, 11) is 1.21. The maximum atomic E-state index is 12.8. The van der Waals surface area contributed by atoms with Crippen molar-refractivity contribution in [2.45, 2.75) is 0 Å². The second-order valence-corrected chi connectivity index (χ2v) is 4.53. The molecule has 124 valence electrons. The third-order valence-electron chi connectivity index (χ3n) is 2.98. The molecular weight excluding hydrogens is 321 g/mol. The van der Waals surface area contributed by atoms with Crippen molar-refractivity contribution in [3.05, 3.63) is 63.5 Å². The average Bonchev–Trinajstić information content (AvgIpc) is 2.56. The zero-order chi connectivity index (χ0) is 17.7. The van der Waals surface area contributed by atoms with Crippen LogP contribution in [0.25, 0.3) is 0 Å². The molecule has 0 unspecified atom stereocenters. The van der Waals surface area contributed by atoms with Crippen LogP contribution in [0.5, 0.6) is 11.5 Å². The van der Waals surface area contributed by atoms with Crippen molar-refractivity contribution < 1.29 is 24.0 Å². The minimum atomic E-state index is -0.684. The lowest BCUT2D eigenvalue weighted by Crippen LogP contribution is -2.17. The number of hydrogen-bond donors (Lipinski definition) is 1. The van der Waals surface area contributed by atoms with E-state index < -0.39 is 22.4 Å². The van der Waals surface area contributed by atoms with Crippen LogP contribution in [0.4, 0.5) is 10.1 Å². The average molecular weight is 332 g/mol. The lowest BCUT2D eigenvalue weighted by Gasteiger charge is -2.14. The Hall–Kier alpha value is -3.49. The first kappa shape index (κ1) is 16.9. The van der Waals surface area contributed by atoms with Crippen LogP contribution in [-0.4, -0.2) is 24.2 Å². The summed E-state index contributed by atoms with van der Waals surface area (Å²) in [5.41, 5.74) is 1.82. The molecule has 0 radical (unpaired) electrons. The summed E-state index contributed by atoms with van der Waals surface area (Å²) in [6.45, 7) is 0. The van der Waals surface area contributed by atoms with E-state index >= 15 is 0 Å². The number of halogens is 1. The van der Waals surface area contributed by atoms with Crippen LogP contribution >= 0.6 is 0 Å². The first-order valence-electron chi connectivity index (χ1n) is 6.54. The fraction of sp³-hybridized carbons (Fsp3) is 0.0667. The lowest BCUT2D eigenvalue weighted by molar-refractivity contribution is -0.385. The number of carbonyl (C=O) groups excluding carboxylic acids is 1. The van der Waals surface area contributed by atoms with Gasteiger partial charge in [-0.3, -0.25) is 14.9 Å². The predicted molar refractivity (Wildman–Crippen MR) is 80.6 cm³/mol. The third kappa shape index (κ3) is 3.83. The monoisotopic (exact) mass is 332 g/mol. The van der Waals surface area contributed by atoms with E-state index in [0.29, 0.717) is 0 Å². The second kappa shape index (κ2) is 7.18. The van der Waals surface area contributed by atoms with Crippen LogP contribution in [0.3, 0.4) is 0 Å². The molecule has 9 heteroatoms. The summed E-state index contributed by atoms with van der Waals surface area (Å²) < 4.78 is 17.6. The van der Waals surface area contributed by atoms with Crippen molar-refractivity contribution in [3.63, 3.8) is 0 Å². The van der Waals surface area contributed by atoms with Crippen LogP contribution in [0.15, 0.2) is 41.5 Å². The number of non-ortho nitro benzene ring substituents is 1. The number of carbonyl (C=O) groups is 1. The van der Waals surface area contributed by atoms with E-state index in [9.17, 15) is 24.4 Å². The van der Waals surface area contributed by atoms with Crippen LogP contribution in [0.1, 0.15) is 15.9 Å². The maximum absolute atomic E-state index is 12.8. The topological polar surface area (TPSA) is 117 Å². The molecule has 1 N–H and O–H groups in total. The Morgan fingerprint density at radius 3 is 2.58 bits per heavy atom. The van der Waals surface area contributed by atoms with Crippen LogP contribution in [0.2, 0.25) is 0 Å². The molecule has 0 atom stereocenters. The molecule has 0 saturated carbocycles. The van der Waals surface area contributed by atoms with Gasteiger partial charge in [-0.25, -0.2) is 9.82 Å². The summed E-state index contributed by atoms with van der Waals surface area (Å²) in [6.07, 6.45) is 0.972. The van der Waals surface area contributed by atoms with E-state index in [4.69, 9.17) is 4.74 Å². The molecule has 0 bridgehead atoms. The summed E-state index contributed by atoms with van der Waals surface area (Å²) >= 11 is 0. The van der Waals surface area contributed by atoms with E-state index in [1.54, 1.807) is 0 Å². The Morgan fingerprint density at radius 2 is 2.00 bits per heavy atom. The summed E-state index contributed by atoms with van der Waals surface area (Å²) in [5, 5.41) is 26.4. The van der Waals surface area contributed by atoms with Gasteiger partial charge in [-0.1, -0.05) is 5.75 Å². The first-order valence-corrected chi connectivity index (χ1v) is 6.54. The van der Waals surface area contributed by atoms with E-state index in [2.05, 4.69) is 10.5 Å². The van der Waals surface area contributed by atoms with Crippen molar-refractivity contribution >= 4 is 17.8 Å². The number of methoxy groups -OCH3 is 1. The van der Waals surface area contributed by atoms with Crippen molar-refractivity contribution in [2.24, 2.45) is 5.10 Å². The largest absolute Gasteiger partial charge is 0.870 e. The molecule has 8 nitrogen and oxygen atoms in total. The van der Waals surface area contributed by atoms with Crippen LogP contribution in [-0.2, 0) is 0 Å². The second-order valence-electron chi connectivity index (χ2n) is 4.53. The minimum absolute atomic E-state index is 0.125. The van der Waals surface area contributed by atoms with Crippen molar-refractivity contribution in [3.8, 4) is 11.5 Å². The maximum Gasteiger partial charge on any atom is 0.273 e. The molecule has 0 aliphatic carbocycles. The molecular formula is C15H11FN3O5-. The van der Waals surface area contributed by atoms with Gasteiger partial charge < -0.3 is 9.84 Å². The minimum Gasteiger partial charge on any atom is -0.870 e. The number of nitro groups is 1. The Balaban J connectivity index is 2.19. The summed E-state index contributed by atoms with van der Waals surface area (Å²) in [5.74, 6) is -1.94. The van der Waals surface area contributed by atoms with Gasteiger partial charge in [0.25, 0.3) is 11.6 Å². The van der Waals surface area contributed by atoms with Gasteiger partial charge in [0.15, 0.2) is 0 Å². The number of hydrazone groups is 1. The van der Waals surface area contributed by atoms with E-state index in [0.717, 1.165) is 30.5 Å². The van der Waals surface area contributed by atoms with Gasteiger partial charge in [0.2, 0.25) is 0 Å². The molecule has 0 fully saturated rings. The van der Waals surface area contributed by atoms with Gasteiger partial charge in [-0.05, 0) is 29.8 Å². The normalized spacial score (nSPS) is 10.6. The van der Waals surface area contributed by atoms with Crippen LogP contribution < -0.4 is 15.3 Å². The quantitative estimate of drug-likeness (QED) is 0.507. The smallest absolute Gasteiger partial charge is 0.273 e. The molecule has 24 heavy (non-hydrogen) atoms. The number of benzene rings is 2. The number of hydrogen-bond acceptors (Lipinski definition) is 6. The van der Waals surface area contributed by atoms with Gasteiger partial charge >= 0.3 is 0 Å². The van der Waals surface area contributed by atoms with Gasteiger partial charge in [-0.15, -0.1) is 0 Å². The molecule has 1 amide bonds. The predicted octanol–water partition coefficient (Wildman–Crippen LogP) is 1.58. The zero-order valence-electron chi connectivity index (χ0n) is 12.4. The van der Waals surface area contributed by atoms with E-state index in [1.807, 2.05) is 0 Å². The Morgan fingerprint density at radius 1 is 1.33 bits per heavy atom. The highest BCUT2D eigenvalue weighted by atomic mass is 19.1. The van der Waals surface area contributed by atoms with Gasteiger partial charge in [-0.2, -0.15) is 5.10 Å². The van der Waals surface area contributed by atoms with Crippen molar-refractivity contribution in [1.82, 2.24) is 5.43 Å². The highest BCUT2D eigenvalue weighted by Crippen LogP contribution is 2.31. The van der Waals surface area contributed by atoms with Crippen molar-refractivity contribution in [1.29, 1.82) is 0 Å². The number of ether oxygens (including phenoxy) is 1. The number of nitrogens with one attached hydrogen (secondary N) is 1. The fourth-order valence-electron chi connectivity index (χ4n) is 1.79. The Bertz CT molecular complexity index is 806. The standard InChI is InChI=1S/C15H12FN3O5/c1-24-13-7-12(19(22)23)6-10(14(13)20)8-17-18-15(21)9-2-4-11(16)5-3-9/h2-8,20H,1H3,(H,18,21)/p-1/b17-8+. The van der Waals surface area contributed by atoms with Crippen molar-refractivity contribution in [2.75, 3.05) is 7.11 Å². The third-order valence-corrected chi connectivity index (χ3v) is 2.98. The molecule has 0 heterocycles. The SMILES string of the molecule is COc1cc([N+](=O)[O-])cc(/C=N/NC(=O)c2ccc(F)cc2)c1[O-]. The molecule has 2 aromatic rings. The molecule has 0 aromatic heterocycles. The number of nitro benzene ring substituents is 1. The molecule has 0 saturated heterocycles. The molecule has 0 aliphatic rings. The van der Waals surface area contributed by atoms with Crippen LogP contribution in [0, 0.1) is 15.9 Å². The Kier molecular flexibility index (Phi) is 5.05. The van der Waals surface area contributed by atoms with Gasteiger partial charge in [0.1, 0.15) is 11.6 Å². The first-order chi connectivity index (χ1) is 11.4. The Labute approximate surface area is 135 Å². The zero-order valence-corrected chi connectivity index (χ0v) is 12.4. The number of nitrogens with zero attached hydrogens (tertiary/aromatic N) is 2. The summed E-state index contributed by atoms with van der Waals surface area (Å²) in [6, 6.07) is 6.75. The number of rotatable bonds is 5. The van der Waals surface area contributed by atoms with Gasteiger partial charge in [0, 0.05) is 11.6 Å². The fourth-order valence-corrected chi connectivity index (χ4v) is 1.79. The molecule has 2 aromatic carbocycles. The van der Waals surface area contributed by atoms with E-state index in [-0.39, 0.29) is 22.6 Å². The van der Waals surface area contributed by atoms with E-state index in [1.165, 1.54) is 19.2 Å². The molecule has 2 rings (SSSR count). The molecule has 0 spiro atoms. The highest BCUT2D eigenvalue weighted by Gasteiger charge is 2.11. The van der Waals surface area contributed by atoms with Gasteiger partial charge in [0.05, 0.1) is 24.3 Å². The lowest BCUT2D eigenvalue weighted by atomic mass is 10.1. The highest BCUT2D eigenvalue weighted by molar-refractivity contribution is 5.95. The summed E-state index contributed by atoms with van der Waals surface area (Å²) in [4.78, 5) is 21.9.